The first-order valence-electron chi connectivity index (χ1n) is 14.5. The summed E-state index contributed by atoms with van der Waals surface area (Å²) in [7, 11) is 0. The van der Waals surface area contributed by atoms with Gasteiger partial charge in [0.25, 0.3) is 0 Å². The fourth-order valence-corrected chi connectivity index (χ4v) is 4.56. The molecule has 1 saturated carbocycles. The molecule has 0 heterocycles. The standard InChI is InChI=1S/C28H56O7/c1-6-11-18-31-23-24(32-19-12-7-2)26(34-21-14-9-4)28(30,16-17-29)27(35-22-15-10-5)25(23)33-20-13-8-3/h23-27,29-30H,6-22H2,1-5H3/t23?,24?,25?,26-,27?,28?/m0/s1. The number of aliphatic hydroxyl groups excluding tert-OH is 1. The third-order valence-corrected chi connectivity index (χ3v) is 6.76. The lowest BCUT2D eigenvalue weighted by Crippen LogP contribution is -2.73. The maximum absolute atomic E-state index is 12.2. The Balaban J connectivity index is 3.45. The Morgan fingerprint density at radius 2 is 0.829 bits per heavy atom. The van der Waals surface area contributed by atoms with Crippen molar-refractivity contribution >= 4 is 0 Å². The fourth-order valence-electron chi connectivity index (χ4n) is 4.56. The zero-order chi connectivity index (χ0) is 25.9. The molecule has 1 aliphatic carbocycles. The molecule has 0 spiro atoms. The van der Waals surface area contributed by atoms with E-state index in [1.807, 2.05) is 0 Å². The summed E-state index contributed by atoms with van der Waals surface area (Å²) >= 11 is 0. The Hall–Kier alpha value is -0.280. The van der Waals surface area contributed by atoms with E-state index in [-0.39, 0.29) is 13.0 Å². The quantitative estimate of drug-likeness (QED) is 0.200. The van der Waals surface area contributed by atoms with E-state index in [1.54, 1.807) is 0 Å². The lowest BCUT2D eigenvalue weighted by Gasteiger charge is -2.54. The van der Waals surface area contributed by atoms with Gasteiger partial charge in [0.05, 0.1) is 0 Å². The number of hydrogen-bond acceptors (Lipinski definition) is 7. The number of rotatable bonds is 22. The minimum Gasteiger partial charge on any atom is -0.396 e. The number of ether oxygens (including phenoxy) is 5. The third kappa shape index (κ3) is 10.5. The Labute approximate surface area is 215 Å². The lowest BCUT2D eigenvalue weighted by molar-refractivity contribution is -0.311. The smallest absolute Gasteiger partial charge is 0.124 e. The van der Waals surface area contributed by atoms with Crippen molar-refractivity contribution in [3.63, 3.8) is 0 Å². The van der Waals surface area contributed by atoms with Gasteiger partial charge in [-0.05, 0) is 32.1 Å². The van der Waals surface area contributed by atoms with Crippen molar-refractivity contribution in [3.8, 4) is 0 Å². The van der Waals surface area contributed by atoms with Gasteiger partial charge in [-0.3, -0.25) is 0 Å². The molecule has 1 rings (SSSR count). The van der Waals surface area contributed by atoms with Gasteiger partial charge in [0.15, 0.2) is 0 Å². The fraction of sp³-hybridized carbons (Fsp3) is 1.00. The predicted molar refractivity (Wildman–Crippen MR) is 140 cm³/mol. The van der Waals surface area contributed by atoms with Crippen LogP contribution in [0.3, 0.4) is 0 Å². The molecule has 0 bridgehead atoms. The summed E-state index contributed by atoms with van der Waals surface area (Å²) < 4.78 is 32.1. The van der Waals surface area contributed by atoms with Gasteiger partial charge >= 0.3 is 0 Å². The summed E-state index contributed by atoms with van der Waals surface area (Å²) in [6.07, 6.45) is 6.87. The summed E-state index contributed by atoms with van der Waals surface area (Å²) in [5, 5.41) is 22.2. The highest BCUT2D eigenvalue weighted by atomic mass is 16.6. The van der Waals surface area contributed by atoms with Gasteiger partial charge in [0.2, 0.25) is 0 Å². The van der Waals surface area contributed by atoms with Crippen LogP contribution in [0.4, 0.5) is 0 Å². The zero-order valence-corrected chi connectivity index (χ0v) is 23.3. The molecule has 0 aromatic rings. The van der Waals surface area contributed by atoms with Crippen molar-refractivity contribution < 1.29 is 33.9 Å². The highest BCUT2D eigenvalue weighted by Gasteiger charge is 2.61. The van der Waals surface area contributed by atoms with Crippen LogP contribution in [-0.2, 0) is 23.7 Å². The van der Waals surface area contributed by atoms with E-state index < -0.39 is 36.1 Å². The highest BCUT2D eigenvalue weighted by molar-refractivity contribution is 5.11. The first-order valence-corrected chi connectivity index (χ1v) is 14.5. The molecule has 35 heavy (non-hydrogen) atoms. The molecule has 1 fully saturated rings. The van der Waals surface area contributed by atoms with Crippen LogP contribution in [0.1, 0.15) is 105 Å². The molecule has 7 nitrogen and oxygen atoms in total. The number of aliphatic hydroxyl groups is 2. The minimum absolute atomic E-state index is 0.129. The topological polar surface area (TPSA) is 86.6 Å². The van der Waals surface area contributed by atoms with Crippen LogP contribution in [0.25, 0.3) is 0 Å². The largest absolute Gasteiger partial charge is 0.396 e. The maximum atomic E-state index is 12.2. The second-order valence-corrected chi connectivity index (χ2v) is 9.82. The summed E-state index contributed by atoms with van der Waals surface area (Å²) in [5.74, 6) is 0. The van der Waals surface area contributed by atoms with E-state index in [0.29, 0.717) is 33.0 Å². The lowest BCUT2D eigenvalue weighted by atomic mass is 9.72. The molecule has 0 aromatic carbocycles. The second-order valence-electron chi connectivity index (χ2n) is 9.82. The van der Waals surface area contributed by atoms with Crippen LogP contribution < -0.4 is 0 Å². The Morgan fingerprint density at radius 1 is 0.514 bits per heavy atom. The van der Waals surface area contributed by atoms with Crippen LogP contribution in [0.2, 0.25) is 0 Å². The van der Waals surface area contributed by atoms with Crippen molar-refractivity contribution in [2.75, 3.05) is 39.6 Å². The summed E-state index contributed by atoms with van der Waals surface area (Å²) in [4.78, 5) is 0. The molecule has 2 N–H and O–H groups in total. The molecule has 5 unspecified atom stereocenters. The van der Waals surface area contributed by atoms with Crippen molar-refractivity contribution in [1.29, 1.82) is 0 Å². The molecule has 0 aromatic heterocycles. The summed E-state index contributed by atoms with van der Waals surface area (Å²) in [6, 6.07) is 0. The van der Waals surface area contributed by atoms with E-state index in [0.717, 1.165) is 64.2 Å². The Morgan fingerprint density at radius 3 is 1.14 bits per heavy atom. The van der Waals surface area contributed by atoms with Gasteiger partial charge in [-0.1, -0.05) is 66.7 Å². The van der Waals surface area contributed by atoms with E-state index in [2.05, 4.69) is 34.6 Å². The molecule has 6 atom stereocenters. The predicted octanol–water partition coefficient (Wildman–Crippen LogP) is 5.04. The van der Waals surface area contributed by atoms with Crippen LogP contribution in [0.15, 0.2) is 0 Å². The molecule has 0 aliphatic heterocycles. The highest BCUT2D eigenvalue weighted by Crippen LogP contribution is 2.41. The van der Waals surface area contributed by atoms with Gasteiger partial charge in [0.1, 0.15) is 36.1 Å². The molecule has 7 heteroatoms. The number of hydrogen-bond donors (Lipinski definition) is 2. The zero-order valence-electron chi connectivity index (χ0n) is 23.3. The Bertz CT molecular complexity index is 458. The molecule has 0 saturated heterocycles. The maximum Gasteiger partial charge on any atom is 0.124 e. The molecule has 0 amide bonds. The first kappa shape index (κ1) is 32.7. The molecular weight excluding hydrogens is 448 g/mol. The average molecular weight is 505 g/mol. The minimum atomic E-state index is -1.45. The summed E-state index contributed by atoms with van der Waals surface area (Å²) in [5.41, 5.74) is -1.45. The monoisotopic (exact) mass is 504 g/mol. The van der Waals surface area contributed by atoms with Gasteiger partial charge in [-0.2, -0.15) is 0 Å². The summed E-state index contributed by atoms with van der Waals surface area (Å²) in [6.45, 7) is 13.2. The van der Waals surface area contributed by atoms with Gasteiger partial charge in [-0.15, -0.1) is 0 Å². The molecule has 1 aliphatic rings. The van der Waals surface area contributed by atoms with E-state index >= 15 is 0 Å². The van der Waals surface area contributed by atoms with Crippen molar-refractivity contribution in [2.45, 2.75) is 141 Å². The van der Waals surface area contributed by atoms with E-state index in [4.69, 9.17) is 23.7 Å². The van der Waals surface area contributed by atoms with Gasteiger partial charge in [0, 0.05) is 46.1 Å². The van der Waals surface area contributed by atoms with Crippen LogP contribution >= 0.6 is 0 Å². The second kappa shape index (κ2) is 19.8. The normalized spacial score (nSPS) is 29.1. The van der Waals surface area contributed by atoms with E-state index in [1.165, 1.54) is 0 Å². The van der Waals surface area contributed by atoms with Crippen molar-refractivity contribution in [3.05, 3.63) is 0 Å². The third-order valence-electron chi connectivity index (χ3n) is 6.76. The van der Waals surface area contributed by atoms with Crippen LogP contribution in [0.5, 0.6) is 0 Å². The first-order chi connectivity index (χ1) is 17.0. The van der Waals surface area contributed by atoms with E-state index in [9.17, 15) is 10.2 Å². The van der Waals surface area contributed by atoms with Crippen molar-refractivity contribution in [1.82, 2.24) is 0 Å². The van der Waals surface area contributed by atoms with Crippen LogP contribution in [-0.4, -0.2) is 86.0 Å². The SMILES string of the molecule is CCCCOC1C(OCCCC)C(OCCCC)C(O)(CCO)[C@@H](OCCCC)C1OCCCC. The van der Waals surface area contributed by atoms with Gasteiger partial charge < -0.3 is 33.9 Å². The average Bonchev–Trinajstić information content (AvgIpc) is 2.84. The molecular formula is C28H56O7. The molecule has 0 radical (unpaired) electrons. The van der Waals surface area contributed by atoms with Crippen molar-refractivity contribution in [2.24, 2.45) is 0 Å². The number of unbranched alkanes of at least 4 members (excludes halogenated alkanes) is 5. The van der Waals surface area contributed by atoms with Crippen LogP contribution in [0, 0.1) is 0 Å². The molecule has 210 valence electrons. The van der Waals surface area contributed by atoms with Gasteiger partial charge in [-0.25, -0.2) is 0 Å². The Kier molecular flexibility index (Phi) is 18.5.